The number of rotatable bonds is 4. The van der Waals surface area contributed by atoms with Crippen LogP contribution in [0, 0.1) is 3.57 Å². The minimum Gasteiger partial charge on any atom is -0.309 e. The topological polar surface area (TPSA) is 45.8 Å². The normalized spacial score (nSPS) is 10.7. The molecule has 2 aromatic rings. The molecule has 1 aromatic carbocycles. The van der Waals surface area contributed by atoms with Crippen molar-refractivity contribution in [2.75, 3.05) is 0 Å². The lowest BCUT2D eigenvalue weighted by atomic mass is 10.1. The molecule has 0 spiro atoms. The van der Waals surface area contributed by atoms with Crippen molar-refractivity contribution in [2.45, 2.75) is 26.2 Å². The van der Waals surface area contributed by atoms with E-state index in [1.54, 1.807) is 0 Å². The monoisotopic (exact) mass is 388 g/mol. The summed E-state index contributed by atoms with van der Waals surface area (Å²) in [4.78, 5) is 19.2. The molecule has 0 saturated heterocycles. The summed E-state index contributed by atoms with van der Waals surface area (Å²) in [6.07, 6.45) is 2.42. The molecule has 0 unspecified atom stereocenters. The summed E-state index contributed by atoms with van der Waals surface area (Å²) < 4.78 is 0.694. The molecule has 1 heterocycles. The van der Waals surface area contributed by atoms with Crippen molar-refractivity contribution in [1.29, 1.82) is 0 Å². The highest BCUT2D eigenvalue weighted by molar-refractivity contribution is 14.1. The van der Waals surface area contributed by atoms with Gasteiger partial charge in [0.05, 0.1) is 9.26 Å². The molecule has 0 radical (unpaired) electrons. The number of nitrogens with one attached hydrogen (secondary N) is 1. The van der Waals surface area contributed by atoms with Crippen molar-refractivity contribution in [3.8, 4) is 0 Å². The van der Waals surface area contributed by atoms with Gasteiger partial charge in [0, 0.05) is 11.4 Å². The second kappa shape index (κ2) is 6.52. The van der Waals surface area contributed by atoms with Gasteiger partial charge in [-0.25, -0.2) is 4.98 Å². The second-order valence-electron chi connectivity index (χ2n) is 4.33. The fourth-order valence-corrected chi connectivity index (χ4v) is 2.49. The summed E-state index contributed by atoms with van der Waals surface area (Å²) in [5, 5.41) is 0.708. The molecule has 1 N–H and O–H groups in total. The first kappa shape index (κ1) is 14.5. The van der Waals surface area contributed by atoms with E-state index in [0.717, 1.165) is 24.1 Å². The zero-order chi connectivity index (χ0) is 13.8. The van der Waals surface area contributed by atoms with Gasteiger partial charge in [-0.2, -0.15) is 0 Å². The molecule has 0 aliphatic heterocycles. The molecule has 0 bridgehead atoms. The van der Waals surface area contributed by atoms with E-state index in [4.69, 9.17) is 11.6 Å². The van der Waals surface area contributed by atoms with Crippen LogP contribution in [0.25, 0.3) is 0 Å². The van der Waals surface area contributed by atoms with Gasteiger partial charge < -0.3 is 4.98 Å². The Balaban J connectivity index is 2.30. The maximum Gasteiger partial charge on any atom is 0.264 e. The quantitative estimate of drug-likeness (QED) is 0.814. The Morgan fingerprint density at radius 2 is 2.00 bits per heavy atom. The van der Waals surface area contributed by atoms with Gasteiger partial charge in [-0.15, -0.1) is 0 Å². The van der Waals surface area contributed by atoms with Gasteiger partial charge in [0.25, 0.3) is 5.56 Å². The van der Waals surface area contributed by atoms with Crippen molar-refractivity contribution in [3.05, 3.63) is 60.3 Å². The van der Waals surface area contributed by atoms with Gasteiger partial charge in [-0.05, 0) is 46.7 Å². The molecular formula is C14H14ClIN2O. The van der Waals surface area contributed by atoms with Crippen molar-refractivity contribution in [2.24, 2.45) is 0 Å². The van der Waals surface area contributed by atoms with Crippen LogP contribution in [0.4, 0.5) is 0 Å². The smallest absolute Gasteiger partial charge is 0.264 e. The molecule has 0 atom stereocenters. The summed E-state index contributed by atoms with van der Waals surface area (Å²) >= 11 is 7.91. The van der Waals surface area contributed by atoms with Crippen LogP contribution >= 0.6 is 34.2 Å². The molecule has 19 heavy (non-hydrogen) atoms. The van der Waals surface area contributed by atoms with E-state index in [2.05, 4.69) is 39.5 Å². The molecule has 100 valence electrons. The third-order valence-electron chi connectivity index (χ3n) is 2.75. The van der Waals surface area contributed by atoms with Gasteiger partial charge in [-0.3, -0.25) is 4.79 Å². The van der Waals surface area contributed by atoms with Crippen molar-refractivity contribution < 1.29 is 0 Å². The maximum absolute atomic E-state index is 11.9. The van der Waals surface area contributed by atoms with Crippen LogP contribution in [0.1, 0.15) is 30.4 Å². The zero-order valence-corrected chi connectivity index (χ0v) is 13.5. The molecule has 2 rings (SSSR count). The average molecular weight is 389 g/mol. The summed E-state index contributed by atoms with van der Waals surface area (Å²) in [5.41, 5.74) is 1.91. The van der Waals surface area contributed by atoms with E-state index in [1.165, 1.54) is 0 Å². The van der Waals surface area contributed by atoms with Crippen LogP contribution in [0.2, 0.25) is 5.02 Å². The van der Waals surface area contributed by atoms with Gasteiger partial charge in [0.15, 0.2) is 0 Å². The van der Waals surface area contributed by atoms with Crippen LogP contribution < -0.4 is 5.56 Å². The highest BCUT2D eigenvalue weighted by Gasteiger charge is 2.08. The van der Waals surface area contributed by atoms with Gasteiger partial charge >= 0.3 is 0 Å². The van der Waals surface area contributed by atoms with Crippen LogP contribution in [0.5, 0.6) is 0 Å². The fourth-order valence-electron chi connectivity index (χ4n) is 1.84. The first-order valence-corrected chi connectivity index (χ1v) is 7.58. The molecule has 0 aliphatic rings. The van der Waals surface area contributed by atoms with Gasteiger partial charge in [-0.1, -0.05) is 37.1 Å². The predicted octanol–water partition coefficient (Wildman–Crippen LogP) is 3.57. The number of hydrogen-bond acceptors (Lipinski definition) is 2. The predicted molar refractivity (Wildman–Crippen MR) is 85.8 cm³/mol. The fraction of sp³-hybridized carbons (Fsp3) is 0.286. The van der Waals surface area contributed by atoms with Crippen LogP contribution in [0.3, 0.4) is 0 Å². The second-order valence-corrected chi connectivity index (χ2v) is 5.84. The SMILES string of the molecule is CCCc1nc(Cc2ccc(Cl)cc2)[nH]c(=O)c1I. The molecule has 0 saturated carbocycles. The highest BCUT2D eigenvalue weighted by atomic mass is 127. The Labute approximate surface area is 130 Å². The van der Waals surface area contributed by atoms with Crippen molar-refractivity contribution in [3.63, 3.8) is 0 Å². The third kappa shape index (κ3) is 3.79. The van der Waals surface area contributed by atoms with Crippen molar-refractivity contribution >= 4 is 34.2 Å². The van der Waals surface area contributed by atoms with Crippen LogP contribution in [-0.2, 0) is 12.8 Å². The van der Waals surface area contributed by atoms with E-state index in [-0.39, 0.29) is 5.56 Å². The zero-order valence-electron chi connectivity index (χ0n) is 10.5. The van der Waals surface area contributed by atoms with E-state index in [0.29, 0.717) is 20.8 Å². The van der Waals surface area contributed by atoms with E-state index in [1.807, 2.05) is 24.3 Å². The Morgan fingerprint density at radius 1 is 1.32 bits per heavy atom. The van der Waals surface area contributed by atoms with Crippen molar-refractivity contribution in [1.82, 2.24) is 9.97 Å². The number of aromatic nitrogens is 2. The molecule has 5 heteroatoms. The summed E-state index contributed by atoms with van der Waals surface area (Å²) in [6.45, 7) is 2.08. The van der Waals surface area contributed by atoms with Crippen LogP contribution in [-0.4, -0.2) is 9.97 Å². The number of aromatic amines is 1. The minimum atomic E-state index is -0.0528. The number of halogens is 2. The Hall–Kier alpha value is -0.880. The number of hydrogen-bond donors (Lipinski definition) is 1. The van der Waals surface area contributed by atoms with E-state index in [9.17, 15) is 4.79 Å². The average Bonchev–Trinajstić information content (AvgIpc) is 2.38. The number of benzene rings is 1. The molecule has 3 nitrogen and oxygen atoms in total. The Morgan fingerprint density at radius 3 is 2.63 bits per heavy atom. The van der Waals surface area contributed by atoms with Crippen LogP contribution in [0.15, 0.2) is 29.1 Å². The molecule has 0 amide bonds. The molecular weight excluding hydrogens is 375 g/mol. The lowest BCUT2D eigenvalue weighted by Crippen LogP contribution is -2.18. The van der Waals surface area contributed by atoms with Gasteiger partial charge in [0.1, 0.15) is 5.82 Å². The third-order valence-corrected chi connectivity index (χ3v) is 4.12. The highest BCUT2D eigenvalue weighted by Crippen LogP contribution is 2.13. The first-order chi connectivity index (χ1) is 9.10. The Bertz CT molecular complexity index is 622. The molecule has 0 fully saturated rings. The number of nitrogens with zero attached hydrogens (tertiary/aromatic N) is 1. The first-order valence-electron chi connectivity index (χ1n) is 6.12. The molecule has 1 aromatic heterocycles. The lowest BCUT2D eigenvalue weighted by molar-refractivity contribution is 0.822. The Kier molecular flexibility index (Phi) is 4.99. The van der Waals surface area contributed by atoms with E-state index < -0.39 is 0 Å². The summed E-state index contributed by atoms with van der Waals surface area (Å²) in [5.74, 6) is 0.705. The maximum atomic E-state index is 11.9. The standard InChI is InChI=1S/C14H14ClIN2O/c1-2-3-11-13(16)14(19)18-12(17-11)8-9-4-6-10(15)7-5-9/h4-7H,2-3,8H2,1H3,(H,17,18,19). The minimum absolute atomic E-state index is 0.0528. The largest absolute Gasteiger partial charge is 0.309 e. The lowest BCUT2D eigenvalue weighted by Gasteiger charge is -2.06. The summed E-state index contributed by atoms with van der Waals surface area (Å²) in [7, 11) is 0. The summed E-state index contributed by atoms with van der Waals surface area (Å²) in [6, 6.07) is 7.57. The number of aryl methyl sites for hydroxylation is 1. The van der Waals surface area contributed by atoms with Gasteiger partial charge in [0.2, 0.25) is 0 Å². The number of H-pyrrole nitrogens is 1. The van der Waals surface area contributed by atoms with E-state index >= 15 is 0 Å². The molecule has 0 aliphatic carbocycles.